The van der Waals surface area contributed by atoms with Gasteiger partial charge in [0, 0.05) is 19.5 Å². The Bertz CT molecular complexity index is 452. The fourth-order valence-electron chi connectivity index (χ4n) is 2.06. The third kappa shape index (κ3) is 4.17. The number of hydrogen-bond acceptors (Lipinski definition) is 4. The number of nitrogens with one attached hydrogen (secondary N) is 3. The van der Waals surface area contributed by atoms with Crippen LogP contribution in [0.5, 0.6) is 0 Å². The Balaban J connectivity index is 1.75. The van der Waals surface area contributed by atoms with Crippen molar-refractivity contribution in [2.75, 3.05) is 19.6 Å². The van der Waals surface area contributed by atoms with Gasteiger partial charge in [-0.25, -0.2) is 4.98 Å². The molecule has 0 fully saturated rings. The van der Waals surface area contributed by atoms with E-state index in [1.165, 1.54) is 5.57 Å². The molecule has 0 saturated carbocycles. The van der Waals surface area contributed by atoms with Crippen molar-refractivity contribution in [3.05, 3.63) is 23.3 Å². The minimum atomic E-state index is -0.201. The quantitative estimate of drug-likeness (QED) is 0.663. The summed E-state index contributed by atoms with van der Waals surface area (Å²) < 4.78 is 0. The van der Waals surface area contributed by atoms with E-state index in [0.717, 1.165) is 44.6 Å². The first kappa shape index (κ1) is 13.7. The van der Waals surface area contributed by atoms with Gasteiger partial charge in [0.15, 0.2) is 0 Å². The summed E-state index contributed by atoms with van der Waals surface area (Å²) in [5, 5.41) is 12.8. The van der Waals surface area contributed by atoms with Crippen LogP contribution in [-0.4, -0.2) is 40.7 Å². The first-order valence-corrected chi connectivity index (χ1v) is 6.87. The van der Waals surface area contributed by atoms with Gasteiger partial charge in [0.25, 0.3) is 5.91 Å². The molecule has 1 aliphatic heterocycles. The number of aromatic nitrogens is 3. The molecule has 19 heavy (non-hydrogen) atoms. The fraction of sp³-hybridized carbons (Fsp3) is 0.615. The normalized spacial score (nSPS) is 15.1. The van der Waals surface area contributed by atoms with Crippen molar-refractivity contribution in [2.24, 2.45) is 0 Å². The molecule has 104 valence electrons. The molecule has 1 aliphatic rings. The van der Waals surface area contributed by atoms with Crippen molar-refractivity contribution in [1.82, 2.24) is 25.8 Å². The van der Waals surface area contributed by atoms with E-state index in [1.807, 2.05) is 0 Å². The van der Waals surface area contributed by atoms with Gasteiger partial charge in [-0.2, -0.15) is 0 Å². The van der Waals surface area contributed by atoms with E-state index in [0.29, 0.717) is 6.54 Å². The van der Waals surface area contributed by atoms with Crippen LogP contribution in [0.4, 0.5) is 0 Å². The fourth-order valence-corrected chi connectivity index (χ4v) is 2.06. The number of hydrogen-bond donors (Lipinski definition) is 3. The van der Waals surface area contributed by atoms with Crippen LogP contribution >= 0.6 is 0 Å². The summed E-state index contributed by atoms with van der Waals surface area (Å²) in [6.07, 6.45) is 5.97. The van der Waals surface area contributed by atoms with Gasteiger partial charge in [-0.3, -0.25) is 9.89 Å². The van der Waals surface area contributed by atoms with E-state index in [2.05, 4.69) is 38.8 Å². The molecule has 0 aliphatic carbocycles. The van der Waals surface area contributed by atoms with Gasteiger partial charge in [-0.15, -0.1) is 5.10 Å². The van der Waals surface area contributed by atoms with Gasteiger partial charge in [-0.05, 0) is 25.8 Å². The summed E-state index contributed by atoms with van der Waals surface area (Å²) in [5.41, 5.74) is 1.40. The van der Waals surface area contributed by atoms with E-state index in [-0.39, 0.29) is 11.7 Å². The van der Waals surface area contributed by atoms with Gasteiger partial charge in [0.1, 0.15) is 5.82 Å². The third-order valence-electron chi connectivity index (χ3n) is 3.11. The Kier molecular flexibility index (Phi) is 5.09. The molecule has 0 saturated heterocycles. The lowest BCUT2D eigenvalue weighted by atomic mass is 10.1. The molecule has 0 unspecified atom stereocenters. The van der Waals surface area contributed by atoms with Crippen LogP contribution in [0.25, 0.3) is 0 Å². The average molecular weight is 263 g/mol. The highest BCUT2D eigenvalue weighted by Gasteiger charge is 2.11. The molecule has 1 aromatic heterocycles. The highest BCUT2D eigenvalue weighted by atomic mass is 16.2. The van der Waals surface area contributed by atoms with Gasteiger partial charge >= 0.3 is 0 Å². The van der Waals surface area contributed by atoms with E-state index in [4.69, 9.17) is 0 Å². The monoisotopic (exact) mass is 263 g/mol. The van der Waals surface area contributed by atoms with Crippen molar-refractivity contribution in [2.45, 2.75) is 32.6 Å². The second-order valence-corrected chi connectivity index (χ2v) is 4.68. The molecule has 6 nitrogen and oxygen atoms in total. The highest BCUT2D eigenvalue weighted by molar-refractivity contribution is 5.90. The molecular weight excluding hydrogens is 242 g/mol. The maximum atomic E-state index is 11.8. The van der Waals surface area contributed by atoms with Crippen molar-refractivity contribution in [3.63, 3.8) is 0 Å². The van der Waals surface area contributed by atoms with E-state index >= 15 is 0 Å². The Morgan fingerprint density at radius 3 is 3.11 bits per heavy atom. The SMILES string of the molecule is CCCc1nc(C(=O)NCCC2=CCNCC2)n[nH]1. The molecule has 0 aromatic carbocycles. The topological polar surface area (TPSA) is 82.7 Å². The Morgan fingerprint density at radius 2 is 2.37 bits per heavy atom. The molecule has 0 bridgehead atoms. The van der Waals surface area contributed by atoms with Crippen LogP contribution in [0.15, 0.2) is 11.6 Å². The summed E-state index contributed by atoms with van der Waals surface area (Å²) in [4.78, 5) is 16.0. The summed E-state index contributed by atoms with van der Waals surface area (Å²) in [6.45, 7) is 4.67. The van der Waals surface area contributed by atoms with Crippen molar-refractivity contribution in [3.8, 4) is 0 Å². The zero-order valence-corrected chi connectivity index (χ0v) is 11.3. The summed E-state index contributed by atoms with van der Waals surface area (Å²) in [5.74, 6) is 0.810. The Morgan fingerprint density at radius 1 is 1.47 bits per heavy atom. The largest absolute Gasteiger partial charge is 0.349 e. The number of amides is 1. The molecular formula is C13H21N5O. The number of H-pyrrole nitrogens is 1. The second kappa shape index (κ2) is 7.04. The van der Waals surface area contributed by atoms with E-state index < -0.39 is 0 Å². The molecule has 3 N–H and O–H groups in total. The predicted octanol–water partition coefficient (Wildman–Crippen LogP) is 0.797. The molecule has 2 heterocycles. The van der Waals surface area contributed by atoms with Gasteiger partial charge in [-0.1, -0.05) is 18.6 Å². The zero-order valence-electron chi connectivity index (χ0n) is 11.3. The molecule has 0 atom stereocenters. The van der Waals surface area contributed by atoms with Gasteiger partial charge in [0.2, 0.25) is 5.82 Å². The second-order valence-electron chi connectivity index (χ2n) is 4.68. The molecule has 1 aromatic rings. The predicted molar refractivity (Wildman–Crippen MR) is 72.9 cm³/mol. The lowest BCUT2D eigenvalue weighted by Gasteiger charge is -2.13. The molecule has 1 amide bonds. The minimum Gasteiger partial charge on any atom is -0.349 e. The van der Waals surface area contributed by atoms with E-state index in [9.17, 15) is 4.79 Å². The molecule has 0 spiro atoms. The number of aromatic amines is 1. The van der Waals surface area contributed by atoms with Crippen molar-refractivity contribution < 1.29 is 4.79 Å². The zero-order chi connectivity index (χ0) is 13.5. The number of carbonyl (C=O) groups is 1. The van der Waals surface area contributed by atoms with Crippen molar-refractivity contribution >= 4 is 5.91 Å². The maximum Gasteiger partial charge on any atom is 0.290 e. The number of carbonyl (C=O) groups excluding carboxylic acids is 1. The van der Waals surface area contributed by atoms with Crippen molar-refractivity contribution in [1.29, 1.82) is 0 Å². The number of aryl methyl sites for hydroxylation is 1. The highest BCUT2D eigenvalue weighted by Crippen LogP contribution is 2.07. The lowest BCUT2D eigenvalue weighted by molar-refractivity contribution is 0.0944. The summed E-state index contributed by atoms with van der Waals surface area (Å²) >= 11 is 0. The Hall–Kier alpha value is -1.69. The smallest absolute Gasteiger partial charge is 0.290 e. The van der Waals surface area contributed by atoms with E-state index in [1.54, 1.807) is 0 Å². The minimum absolute atomic E-state index is 0.201. The summed E-state index contributed by atoms with van der Waals surface area (Å²) in [6, 6.07) is 0. The number of rotatable bonds is 6. The average Bonchev–Trinajstić information content (AvgIpc) is 2.89. The first-order chi connectivity index (χ1) is 9.29. The molecule has 0 radical (unpaired) electrons. The van der Waals surface area contributed by atoms with Gasteiger partial charge < -0.3 is 10.6 Å². The summed E-state index contributed by atoms with van der Waals surface area (Å²) in [7, 11) is 0. The third-order valence-corrected chi connectivity index (χ3v) is 3.11. The van der Waals surface area contributed by atoms with Crippen LogP contribution in [0, 0.1) is 0 Å². The van der Waals surface area contributed by atoms with Crippen LogP contribution in [0.2, 0.25) is 0 Å². The number of nitrogens with zero attached hydrogens (tertiary/aromatic N) is 2. The van der Waals surface area contributed by atoms with Crippen LogP contribution in [-0.2, 0) is 6.42 Å². The Labute approximate surface area is 113 Å². The molecule has 2 rings (SSSR count). The van der Waals surface area contributed by atoms with Crippen LogP contribution in [0.1, 0.15) is 42.6 Å². The first-order valence-electron chi connectivity index (χ1n) is 6.87. The standard InChI is InChI=1S/C13H21N5O/c1-2-3-11-16-12(18-17-11)13(19)15-9-6-10-4-7-14-8-5-10/h4,14H,2-3,5-9H2,1H3,(H,15,19)(H,16,17,18). The molecule has 6 heteroatoms. The maximum absolute atomic E-state index is 11.8. The lowest BCUT2D eigenvalue weighted by Crippen LogP contribution is -2.27. The van der Waals surface area contributed by atoms with Gasteiger partial charge in [0.05, 0.1) is 0 Å². The van der Waals surface area contributed by atoms with Crippen LogP contribution < -0.4 is 10.6 Å². The van der Waals surface area contributed by atoms with Crippen LogP contribution in [0.3, 0.4) is 0 Å².